The van der Waals surface area contributed by atoms with Gasteiger partial charge in [-0.2, -0.15) is 0 Å². The molecular formula is C16H26N2O3. The number of hydrogen-bond donors (Lipinski definition) is 2. The molecule has 1 amide bonds. The Hall–Kier alpha value is -1.75. The second-order valence-corrected chi connectivity index (χ2v) is 6.03. The van der Waals surface area contributed by atoms with Gasteiger partial charge in [0.1, 0.15) is 0 Å². The molecule has 0 atom stereocenters. The van der Waals surface area contributed by atoms with E-state index in [-0.39, 0.29) is 17.6 Å². The highest BCUT2D eigenvalue weighted by molar-refractivity contribution is 5.75. The van der Waals surface area contributed by atoms with Gasteiger partial charge >= 0.3 is 0 Å². The topological polar surface area (TPSA) is 73.6 Å². The molecule has 1 rings (SSSR count). The second-order valence-electron chi connectivity index (χ2n) is 6.03. The standard InChI is InChI=1S/C16H26N2O3/c1-11(2)21-13-7-6-12(8-14(13)20-5)10-18-16(3,4)9-15(17)19/h6-8,11,18H,9-10H2,1-5H3,(H2,17,19). The van der Waals surface area contributed by atoms with Crippen LogP contribution in [0.15, 0.2) is 18.2 Å². The minimum absolute atomic E-state index is 0.0948. The van der Waals surface area contributed by atoms with Crippen LogP contribution < -0.4 is 20.5 Å². The van der Waals surface area contributed by atoms with E-state index in [1.807, 2.05) is 45.9 Å². The van der Waals surface area contributed by atoms with E-state index < -0.39 is 0 Å². The van der Waals surface area contributed by atoms with Gasteiger partial charge in [-0.3, -0.25) is 4.79 Å². The second kappa shape index (κ2) is 7.31. The Morgan fingerprint density at radius 1 is 1.33 bits per heavy atom. The summed E-state index contributed by atoms with van der Waals surface area (Å²) in [5, 5.41) is 3.32. The van der Waals surface area contributed by atoms with Crippen molar-refractivity contribution in [2.45, 2.75) is 52.3 Å². The Labute approximate surface area is 126 Å². The molecule has 3 N–H and O–H groups in total. The van der Waals surface area contributed by atoms with Gasteiger partial charge in [-0.05, 0) is 45.4 Å². The van der Waals surface area contributed by atoms with Gasteiger partial charge in [-0.15, -0.1) is 0 Å². The molecule has 1 aromatic carbocycles. The van der Waals surface area contributed by atoms with Crippen LogP contribution >= 0.6 is 0 Å². The molecule has 118 valence electrons. The van der Waals surface area contributed by atoms with Gasteiger partial charge in [-0.25, -0.2) is 0 Å². The van der Waals surface area contributed by atoms with E-state index in [9.17, 15) is 4.79 Å². The molecule has 0 aliphatic heterocycles. The normalized spacial score (nSPS) is 11.5. The summed E-state index contributed by atoms with van der Waals surface area (Å²) in [6.45, 7) is 8.47. The fourth-order valence-electron chi connectivity index (χ4n) is 2.01. The van der Waals surface area contributed by atoms with Crippen LogP contribution in [0.3, 0.4) is 0 Å². The summed E-state index contributed by atoms with van der Waals surface area (Å²) in [6.07, 6.45) is 0.385. The number of carbonyl (C=O) groups excluding carboxylic acids is 1. The molecule has 0 saturated carbocycles. The molecule has 0 aliphatic carbocycles. The Morgan fingerprint density at radius 3 is 2.52 bits per heavy atom. The lowest BCUT2D eigenvalue weighted by Gasteiger charge is -2.25. The highest BCUT2D eigenvalue weighted by Crippen LogP contribution is 2.29. The van der Waals surface area contributed by atoms with Crippen molar-refractivity contribution in [2.24, 2.45) is 5.73 Å². The first-order chi connectivity index (χ1) is 9.73. The van der Waals surface area contributed by atoms with Crippen LogP contribution in [0.25, 0.3) is 0 Å². The van der Waals surface area contributed by atoms with E-state index in [1.54, 1.807) is 7.11 Å². The third kappa shape index (κ3) is 6.04. The fourth-order valence-corrected chi connectivity index (χ4v) is 2.01. The van der Waals surface area contributed by atoms with Gasteiger partial charge in [0, 0.05) is 18.5 Å². The average Bonchev–Trinajstić information content (AvgIpc) is 2.35. The smallest absolute Gasteiger partial charge is 0.219 e. The maximum Gasteiger partial charge on any atom is 0.219 e. The summed E-state index contributed by atoms with van der Waals surface area (Å²) in [6, 6.07) is 5.82. The number of nitrogens with two attached hydrogens (primary N) is 1. The summed E-state index contributed by atoms with van der Waals surface area (Å²) in [4.78, 5) is 11.0. The van der Waals surface area contributed by atoms with Crippen molar-refractivity contribution in [1.82, 2.24) is 5.32 Å². The highest BCUT2D eigenvalue weighted by atomic mass is 16.5. The number of rotatable bonds is 8. The largest absolute Gasteiger partial charge is 0.493 e. The van der Waals surface area contributed by atoms with Crippen LogP contribution in [0.2, 0.25) is 0 Å². The molecule has 0 heterocycles. The Bertz CT molecular complexity index is 484. The maximum absolute atomic E-state index is 11.0. The molecule has 0 fully saturated rings. The van der Waals surface area contributed by atoms with Crippen molar-refractivity contribution >= 4 is 5.91 Å². The lowest BCUT2D eigenvalue weighted by atomic mass is 10.00. The maximum atomic E-state index is 11.0. The SMILES string of the molecule is COc1cc(CNC(C)(C)CC(N)=O)ccc1OC(C)C. The van der Waals surface area contributed by atoms with E-state index in [2.05, 4.69) is 5.32 Å². The van der Waals surface area contributed by atoms with Crippen molar-refractivity contribution in [3.05, 3.63) is 23.8 Å². The number of methoxy groups -OCH3 is 1. The Kier molecular flexibility index (Phi) is 6.03. The average molecular weight is 294 g/mol. The van der Waals surface area contributed by atoms with Crippen LogP contribution in [-0.4, -0.2) is 24.7 Å². The van der Waals surface area contributed by atoms with Crippen LogP contribution in [-0.2, 0) is 11.3 Å². The molecule has 0 aliphatic rings. The first-order valence-electron chi connectivity index (χ1n) is 7.10. The predicted octanol–water partition coefficient (Wildman–Crippen LogP) is 2.23. The fraction of sp³-hybridized carbons (Fsp3) is 0.562. The van der Waals surface area contributed by atoms with Crippen molar-refractivity contribution in [3.63, 3.8) is 0 Å². The van der Waals surface area contributed by atoms with Crippen molar-refractivity contribution in [2.75, 3.05) is 7.11 Å². The van der Waals surface area contributed by atoms with Gasteiger partial charge in [0.05, 0.1) is 13.2 Å². The zero-order valence-corrected chi connectivity index (χ0v) is 13.5. The molecule has 0 unspecified atom stereocenters. The first kappa shape index (κ1) is 17.3. The van der Waals surface area contributed by atoms with Crippen LogP contribution in [0.4, 0.5) is 0 Å². The van der Waals surface area contributed by atoms with Crippen LogP contribution in [0.1, 0.15) is 39.7 Å². The van der Waals surface area contributed by atoms with E-state index >= 15 is 0 Å². The van der Waals surface area contributed by atoms with Crippen molar-refractivity contribution in [3.8, 4) is 11.5 Å². The minimum atomic E-state index is -0.341. The first-order valence-corrected chi connectivity index (χ1v) is 7.10. The van der Waals surface area contributed by atoms with Gasteiger partial charge in [0.15, 0.2) is 11.5 Å². The summed E-state index contributed by atoms with van der Waals surface area (Å²) in [5.41, 5.74) is 5.96. The summed E-state index contributed by atoms with van der Waals surface area (Å²) in [5.74, 6) is 1.12. The lowest BCUT2D eigenvalue weighted by Crippen LogP contribution is -2.42. The molecule has 1 aromatic rings. The molecule has 21 heavy (non-hydrogen) atoms. The minimum Gasteiger partial charge on any atom is -0.493 e. The third-order valence-corrected chi connectivity index (χ3v) is 2.98. The van der Waals surface area contributed by atoms with E-state index in [0.717, 1.165) is 11.3 Å². The number of hydrogen-bond acceptors (Lipinski definition) is 4. The van der Waals surface area contributed by atoms with E-state index in [4.69, 9.17) is 15.2 Å². The zero-order valence-electron chi connectivity index (χ0n) is 13.5. The molecule has 5 nitrogen and oxygen atoms in total. The molecule has 0 saturated heterocycles. The van der Waals surface area contributed by atoms with E-state index in [0.29, 0.717) is 18.7 Å². The van der Waals surface area contributed by atoms with Crippen molar-refractivity contribution in [1.29, 1.82) is 0 Å². The quantitative estimate of drug-likeness (QED) is 0.771. The highest BCUT2D eigenvalue weighted by Gasteiger charge is 2.19. The third-order valence-electron chi connectivity index (χ3n) is 2.98. The van der Waals surface area contributed by atoms with Gasteiger partial charge < -0.3 is 20.5 Å². The number of nitrogens with one attached hydrogen (secondary N) is 1. The van der Waals surface area contributed by atoms with Crippen LogP contribution in [0.5, 0.6) is 11.5 Å². The number of primary amides is 1. The number of benzene rings is 1. The Balaban J connectivity index is 2.74. The molecule has 5 heteroatoms. The predicted molar refractivity (Wildman–Crippen MR) is 83.5 cm³/mol. The van der Waals surface area contributed by atoms with Gasteiger partial charge in [-0.1, -0.05) is 6.07 Å². The summed E-state index contributed by atoms with van der Waals surface area (Å²) < 4.78 is 11.0. The molecule has 0 radical (unpaired) electrons. The molecule has 0 aromatic heterocycles. The number of carbonyl (C=O) groups is 1. The van der Waals surface area contributed by atoms with Crippen molar-refractivity contribution < 1.29 is 14.3 Å². The van der Waals surface area contributed by atoms with Crippen LogP contribution in [0, 0.1) is 0 Å². The Morgan fingerprint density at radius 2 is 2.00 bits per heavy atom. The molecular weight excluding hydrogens is 268 g/mol. The molecule has 0 spiro atoms. The monoisotopic (exact) mass is 294 g/mol. The lowest BCUT2D eigenvalue weighted by molar-refractivity contribution is -0.119. The summed E-state index contributed by atoms with van der Waals surface area (Å²) in [7, 11) is 1.62. The van der Waals surface area contributed by atoms with Gasteiger partial charge in [0.25, 0.3) is 0 Å². The van der Waals surface area contributed by atoms with Gasteiger partial charge in [0.2, 0.25) is 5.91 Å². The number of amides is 1. The number of ether oxygens (including phenoxy) is 2. The summed E-state index contributed by atoms with van der Waals surface area (Å²) >= 11 is 0. The molecule has 0 bridgehead atoms. The zero-order chi connectivity index (χ0) is 16.0. The van der Waals surface area contributed by atoms with E-state index in [1.165, 1.54) is 0 Å².